The highest BCUT2D eigenvalue weighted by Crippen LogP contribution is 2.20. The van der Waals surface area contributed by atoms with Crippen LogP contribution in [-0.4, -0.2) is 9.55 Å². The van der Waals surface area contributed by atoms with E-state index in [1.165, 1.54) is 5.56 Å². The van der Waals surface area contributed by atoms with Crippen molar-refractivity contribution < 1.29 is 4.74 Å². The molecule has 3 aromatic rings. The van der Waals surface area contributed by atoms with Gasteiger partial charge in [-0.25, -0.2) is 4.98 Å². The third kappa shape index (κ3) is 2.70. The number of hydrogen-bond donors (Lipinski definition) is 1. The van der Waals surface area contributed by atoms with Crippen molar-refractivity contribution in [3.63, 3.8) is 0 Å². The van der Waals surface area contributed by atoms with Crippen LogP contribution in [0.15, 0.2) is 42.5 Å². The number of nitrogens with zero attached hydrogens (tertiary/aromatic N) is 2. The second-order valence-electron chi connectivity index (χ2n) is 5.13. The average molecular weight is 281 g/mol. The number of aryl methyl sites for hydroxylation is 2. The number of ether oxygens (including phenoxy) is 1. The number of anilines is 1. The Bertz CT molecular complexity index is 777. The highest BCUT2D eigenvalue weighted by atomic mass is 16.5. The van der Waals surface area contributed by atoms with Crippen LogP contribution in [-0.2, 0) is 13.2 Å². The van der Waals surface area contributed by atoms with E-state index < -0.39 is 0 Å². The van der Waals surface area contributed by atoms with Gasteiger partial charge in [0, 0.05) is 18.3 Å². The van der Waals surface area contributed by atoms with Gasteiger partial charge in [-0.3, -0.25) is 0 Å². The first kappa shape index (κ1) is 13.5. The van der Waals surface area contributed by atoms with Crippen molar-refractivity contribution in [3.05, 3.63) is 53.9 Å². The van der Waals surface area contributed by atoms with Crippen LogP contribution in [0.2, 0.25) is 0 Å². The van der Waals surface area contributed by atoms with Gasteiger partial charge in [-0.15, -0.1) is 0 Å². The lowest BCUT2D eigenvalue weighted by Crippen LogP contribution is -2.06. The summed E-state index contributed by atoms with van der Waals surface area (Å²) in [5, 5.41) is 0. The van der Waals surface area contributed by atoms with E-state index in [1.807, 2.05) is 24.3 Å². The maximum absolute atomic E-state index is 5.81. The van der Waals surface area contributed by atoms with Crippen molar-refractivity contribution >= 4 is 16.7 Å². The first-order valence-corrected chi connectivity index (χ1v) is 7.11. The minimum Gasteiger partial charge on any atom is -0.486 e. The molecule has 2 N–H and O–H groups in total. The van der Waals surface area contributed by atoms with Gasteiger partial charge in [0.25, 0.3) is 0 Å². The molecule has 2 aromatic carbocycles. The molecule has 0 saturated heterocycles. The maximum atomic E-state index is 5.81. The summed E-state index contributed by atoms with van der Waals surface area (Å²) in [7, 11) is 0. The van der Waals surface area contributed by atoms with Gasteiger partial charge < -0.3 is 15.0 Å². The lowest BCUT2D eigenvalue weighted by Gasteiger charge is -2.08. The van der Waals surface area contributed by atoms with Crippen LogP contribution in [0.3, 0.4) is 0 Å². The molecule has 0 aliphatic carbocycles. The highest BCUT2D eigenvalue weighted by Gasteiger charge is 2.10. The van der Waals surface area contributed by atoms with Gasteiger partial charge in [-0.05, 0) is 43.7 Å². The average Bonchev–Trinajstić information content (AvgIpc) is 2.81. The molecule has 4 heteroatoms. The summed E-state index contributed by atoms with van der Waals surface area (Å²) in [6.45, 7) is 5.50. The molecule has 4 nitrogen and oxygen atoms in total. The van der Waals surface area contributed by atoms with E-state index in [-0.39, 0.29) is 0 Å². The SMILES string of the molecule is CCn1c(COc2cccc(N)c2)nc2cc(C)ccc21. The summed E-state index contributed by atoms with van der Waals surface area (Å²) < 4.78 is 7.99. The van der Waals surface area contributed by atoms with Crippen LogP contribution in [0.25, 0.3) is 11.0 Å². The summed E-state index contributed by atoms with van der Waals surface area (Å²) in [5.41, 5.74) is 9.84. The Hall–Kier alpha value is -2.49. The molecule has 3 rings (SSSR count). The van der Waals surface area contributed by atoms with E-state index in [0.29, 0.717) is 12.3 Å². The number of hydrogen-bond acceptors (Lipinski definition) is 3. The number of aromatic nitrogens is 2. The van der Waals surface area contributed by atoms with Crippen LogP contribution in [0.5, 0.6) is 5.75 Å². The van der Waals surface area contributed by atoms with Crippen molar-refractivity contribution in [3.8, 4) is 5.75 Å². The first-order chi connectivity index (χ1) is 10.2. The zero-order chi connectivity index (χ0) is 14.8. The molecule has 0 amide bonds. The van der Waals surface area contributed by atoms with E-state index in [4.69, 9.17) is 10.5 Å². The Morgan fingerprint density at radius 1 is 1.19 bits per heavy atom. The van der Waals surface area contributed by atoms with Crippen LogP contribution < -0.4 is 10.5 Å². The minimum atomic E-state index is 0.436. The molecule has 0 atom stereocenters. The number of benzene rings is 2. The summed E-state index contributed by atoms with van der Waals surface area (Å²) in [5.74, 6) is 1.70. The van der Waals surface area contributed by atoms with Crippen LogP contribution in [0.1, 0.15) is 18.3 Å². The molecule has 0 radical (unpaired) electrons. The third-order valence-corrected chi connectivity index (χ3v) is 3.53. The fraction of sp³-hybridized carbons (Fsp3) is 0.235. The largest absolute Gasteiger partial charge is 0.486 e. The molecule has 21 heavy (non-hydrogen) atoms. The second-order valence-corrected chi connectivity index (χ2v) is 5.13. The Balaban J connectivity index is 1.89. The van der Waals surface area contributed by atoms with Gasteiger partial charge >= 0.3 is 0 Å². The van der Waals surface area contributed by atoms with Gasteiger partial charge in [0.05, 0.1) is 11.0 Å². The van der Waals surface area contributed by atoms with Gasteiger partial charge in [-0.1, -0.05) is 12.1 Å². The summed E-state index contributed by atoms with van der Waals surface area (Å²) >= 11 is 0. The predicted molar refractivity (Wildman–Crippen MR) is 85.3 cm³/mol. The fourth-order valence-corrected chi connectivity index (χ4v) is 2.50. The lowest BCUT2D eigenvalue weighted by molar-refractivity contribution is 0.291. The monoisotopic (exact) mass is 281 g/mol. The summed E-state index contributed by atoms with van der Waals surface area (Å²) in [4.78, 5) is 4.69. The first-order valence-electron chi connectivity index (χ1n) is 7.11. The van der Waals surface area contributed by atoms with Crippen molar-refractivity contribution in [2.24, 2.45) is 0 Å². The molecule has 108 valence electrons. The van der Waals surface area contributed by atoms with Gasteiger partial charge in [0.15, 0.2) is 0 Å². The highest BCUT2D eigenvalue weighted by molar-refractivity contribution is 5.76. The molecule has 1 aromatic heterocycles. The molecule has 1 heterocycles. The second kappa shape index (κ2) is 5.48. The van der Waals surface area contributed by atoms with E-state index in [0.717, 1.165) is 29.2 Å². The minimum absolute atomic E-state index is 0.436. The van der Waals surface area contributed by atoms with Gasteiger partial charge in [-0.2, -0.15) is 0 Å². The molecule has 0 spiro atoms. The maximum Gasteiger partial charge on any atom is 0.147 e. The van der Waals surface area contributed by atoms with Crippen molar-refractivity contribution in [2.45, 2.75) is 27.0 Å². The number of rotatable bonds is 4. The topological polar surface area (TPSA) is 53.1 Å². The van der Waals surface area contributed by atoms with Gasteiger partial charge in [0.1, 0.15) is 18.2 Å². The Labute approximate surface area is 124 Å². The Kier molecular flexibility index (Phi) is 3.52. The summed E-state index contributed by atoms with van der Waals surface area (Å²) in [6, 6.07) is 13.8. The standard InChI is InChI=1S/C17H19N3O/c1-3-20-16-8-7-12(2)9-15(16)19-17(20)11-21-14-6-4-5-13(18)10-14/h4-10H,3,11,18H2,1-2H3. The van der Waals surface area contributed by atoms with Crippen LogP contribution >= 0.6 is 0 Å². The molecule has 0 bridgehead atoms. The quantitative estimate of drug-likeness (QED) is 0.744. The van der Waals surface area contributed by atoms with E-state index >= 15 is 0 Å². The number of fused-ring (bicyclic) bond motifs is 1. The Morgan fingerprint density at radius 2 is 2.05 bits per heavy atom. The number of imidazole rings is 1. The van der Waals surface area contributed by atoms with E-state index in [9.17, 15) is 0 Å². The zero-order valence-electron chi connectivity index (χ0n) is 12.3. The molecule has 0 aliphatic heterocycles. The summed E-state index contributed by atoms with van der Waals surface area (Å²) in [6.07, 6.45) is 0. The zero-order valence-corrected chi connectivity index (χ0v) is 12.3. The predicted octanol–water partition coefficient (Wildman–Crippen LogP) is 3.53. The van der Waals surface area contributed by atoms with Crippen LogP contribution in [0.4, 0.5) is 5.69 Å². The Morgan fingerprint density at radius 3 is 2.81 bits per heavy atom. The number of nitrogen functional groups attached to an aromatic ring is 1. The normalized spacial score (nSPS) is 11.0. The van der Waals surface area contributed by atoms with Crippen molar-refractivity contribution in [1.29, 1.82) is 0 Å². The molecular formula is C17H19N3O. The molecule has 0 fully saturated rings. The van der Waals surface area contributed by atoms with E-state index in [1.54, 1.807) is 0 Å². The number of nitrogens with two attached hydrogens (primary N) is 1. The van der Waals surface area contributed by atoms with Crippen LogP contribution in [0, 0.1) is 6.92 Å². The molecule has 0 saturated carbocycles. The molecular weight excluding hydrogens is 262 g/mol. The molecule has 0 unspecified atom stereocenters. The van der Waals surface area contributed by atoms with Crippen molar-refractivity contribution in [1.82, 2.24) is 9.55 Å². The molecule has 0 aliphatic rings. The fourth-order valence-electron chi connectivity index (χ4n) is 2.50. The smallest absolute Gasteiger partial charge is 0.147 e. The third-order valence-electron chi connectivity index (χ3n) is 3.53. The van der Waals surface area contributed by atoms with Gasteiger partial charge in [0.2, 0.25) is 0 Å². The van der Waals surface area contributed by atoms with Crippen molar-refractivity contribution in [2.75, 3.05) is 5.73 Å². The lowest BCUT2D eigenvalue weighted by atomic mass is 10.2. The van der Waals surface area contributed by atoms with E-state index in [2.05, 4.69) is 41.6 Å².